The van der Waals surface area contributed by atoms with Crippen molar-refractivity contribution in [1.29, 1.82) is 0 Å². The van der Waals surface area contributed by atoms with Crippen LogP contribution in [-0.2, 0) is 0 Å². The van der Waals surface area contributed by atoms with Crippen LogP contribution < -0.4 is 0 Å². The Balaban J connectivity index is 2.40. The SMILES string of the molecule is Cc1ccc2c(c1)-c1ccccc1S2(C)C. The van der Waals surface area contributed by atoms with Gasteiger partial charge in [0.05, 0.1) is 0 Å². The summed E-state index contributed by atoms with van der Waals surface area (Å²) in [5.41, 5.74) is 4.25. The van der Waals surface area contributed by atoms with Crippen molar-refractivity contribution >= 4 is 10.0 Å². The number of fused-ring (bicyclic) bond motifs is 3. The van der Waals surface area contributed by atoms with Crippen molar-refractivity contribution < 1.29 is 0 Å². The Morgan fingerprint density at radius 2 is 1.50 bits per heavy atom. The molecule has 0 saturated heterocycles. The van der Waals surface area contributed by atoms with Crippen LogP contribution in [0.1, 0.15) is 5.56 Å². The van der Waals surface area contributed by atoms with E-state index in [2.05, 4.69) is 61.9 Å². The van der Waals surface area contributed by atoms with Crippen molar-refractivity contribution in [2.24, 2.45) is 0 Å². The summed E-state index contributed by atoms with van der Waals surface area (Å²) >= 11 is 0. The highest BCUT2D eigenvalue weighted by molar-refractivity contribution is 8.33. The van der Waals surface area contributed by atoms with Gasteiger partial charge in [0.2, 0.25) is 0 Å². The van der Waals surface area contributed by atoms with E-state index in [1.807, 2.05) is 0 Å². The van der Waals surface area contributed by atoms with Gasteiger partial charge < -0.3 is 0 Å². The average molecular weight is 228 g/mol. The predicted molar refractivity (Wildman–Crippen MR) is 72.6 cm³/mol. The number of hydrogen-bond acceptors (Lipinski definition) is 0. The van der Waals surface area contributed by atoms with Gasteiger partial charge in [0.1, 0.15) is 0 Å². The maximum Gasteiger partial charge on any atom is 0.00155 e. The van der Waals surface area contributed by atoms with E-state index in [-0.39, 0.29) is 0 Å². The van der Waals surface area contributed by atoms with E-state index < -0.39 is 10.0 Å². The molecule has 82 valence electrons. The lowest BCUT2D eigenvalue weighted by Gasteiger charge is -2.28. The Kier molecular flexibility index (Phi) is 1.96. The third-order valence-electron chi connectivity index (χ3n) is 3.41. The quantitative estimate of drug-likeness (QED) is 0.624. The highest BCUT2D eigenvalue weighted by Crippen LogP contribution is 2.67. The van der Waals surface area contributed by atoms with Crippen LogP contribution in [0.25, 0.3) is 11.1 Å². The second kappa shape index (κ2) is 3.14. The molecule has 16 heavy (non-hydrogen) atoms. The van der Waals surface area contributed by atoms with Crippen LogP contribution in [0, 0.1) is 6.92 Å². The van der Waals surface area contributed by atoms with Gasteiger partial charge in [-0.15, -0.1) is 0 Å². The summed E-state index contributed by atoms with van der Waals surface area (Å²) in [6, 6.07) is 15.7. The molecule has 1 aliphatic heterocycles. The van der Waals surface area contributed by atoms with E-state index in [4.69, 9.17) is 0 Å². The first-order valence-corrected chi connectivity index (χ1v) is 7.99. The third-order valence-corrected chi connectivity index (χ3v) is 6.32. The van der Waals surface area contributed by atoms with Crippen molar-refractivity contribution in [3.05, 3.63) is 48.0 Å². The van der Waals surface area contributed by atoms with Crippen LogP contribution in [0.2, 0.25) is 0 Å². The van der Waals surface area contributed by atoms with Crippen LogP contribution in [0.4, 0.5) is 0 Å². The first kappa shape index (κ1) is 9.98. The fourth-order valence-corrected chi connectivity index (χ4v) is 5.06. The summed E-state index contributed by atoms with van der Waals surface area (Å²) in [4.78, 5) is 3.08. The maximum atomic E-state index is 2.40. The van der Waals surface area contributed by atoms with Gasteiger partial charge in [-0.3, -0.25) is 0 Å². The summed E-state index contributed by atoms with van der Waals surface area (Å²) in [6.07, 6.45) is 4.79. The van der Waals surface area contributed by atoms with Gasteiger partial charge in [0.15, 0.2) is 0 Å². The van der Waals surface area contributed by atoms with Crippen molar-refractivity contribution in [1.82, 2.24) is 0 Å². The smallest absolute Gasteiger partial charge is 0.00155 e. The van der Waals surface area contributed by atoms with E-state index in [0.29, 0.717) is 0 Å². The fraction of sp³-hybridized carbons (Fsp3) is 0.200. The lowest BCUT2D eigenvalue weighted by Crippen LogP contribution is -1.91. The zero-order valence-electron chi connectivity index (χ0n) is 9.95. The number of rotatable bonds is 0. The first-order valence-electron chi connectivity index (χ1n) is 5.54. The summed E-state index contributed by atoms with van der Waals surface area (Å²) in [6.45, 7) is 2.17. The second-order valence-corrected chi connectivity index (χ2v) is 8.36. The lowest BCUT2D eigenvalue weighted by atomic mass is 10.0. The predicted octanol–water partition coefficient (Wildman–Crippen LogP) is 4.46. The average Bonchev–Trinajstić information content (AvgIpc) is 2.49. The van der Waals surface area contributed by atoms with E-state index in [1.165, 1.54) is 21.6 Å². The van der Waals surface area contributed by atoms with Crippen molar-refractivity contribution in [3.8, 4) is 11.1 Å². The minimum Gasteiger partial charge on any atom is -0.192 e. The maximum absolute atomic E-state index is 2.40. The number of benzene rings is 2. The topological polar surface area (TPSA) is 0 Å². The molecule has 0 radical (unpaired) electrons. The molecule has 0 atom stereocenters. The normalized spacial score (nSPS) is 17.7. The van der Waals surface area contributed by atoms with Crippen molar-refractivity contribution in [2.45, 2.75) is 16.7 Å². The lowest BCUT2D eigenvalue weighted by molar-refractivity contribution is 1.38. The zero-order valence-corrected chi connectivity index (χ0v) is 10.8. The monoisotopic (exact) mass is 228 g/mol. The van der Waals surface area contributed by atoms with E-state index >= 15 is 0 Å². The Morgan fingerprint density at radius 3 is 2.31 bits per heavy atom. The van der Waals surface area contributed by atoms with E-state index in [9.17, 15) is 0 Å². The fourth-order valence-electron chi connectivity index (χ4n) is 2.55. The van der Waals surface area contributed by atoms with E-state index in [0.717, 1.165) is 0 Å². The van der Waals surface area contributed by atoms with Crippen LogP contribution in [0.5, 0.6) is 0 Å². The van der Waals surface area contributed by atoms with Gasteiger partial charge in [-0.2, -0.15) is 10.0 Å². The summed E-state index contributed by atoms with van der Waals surface area (Å²) < 4.78 is 0. The van der Waals surface area contributed by atoms with Gasteiger partial charge in [-0.1, -0.05) is 35.9 Å². The van der Waals surface area contributed by atoms with Gasteiger partial charge in [-0.25, -0.2) is 0 Å². The Hall–Kier alpha value is -1.21. The molecule has 1 aliphatic rings. The zero-order chi connectivity index (χ0) is 11.3. The standard InChI is InChI=1S/C15H16S/c1-11-8-9-15-13(10-11)12-6-4-5-7-14(12)16(15,2)3/h4-10H,1-3H3. The van der Waals surface area contributed by atoms with Crippen molar-refractivity contribution in [3.63, 3.8) is 0 Å². The van der Waals surface area contributed by atoms with Gasteiger partial charge >= 0.3 is 0 Å². The highest BCUT2D eigenvalue weighted by atomic mass is 32.3. The molecule has 0 aromatic heterocycles. The van der Waals surface area contributed by atoms with E-state index in [1.54, 1.807) is 4.90 Å². The van der Waals surface area contributed by atoms with Crippen LogP contribution in [0.15, 0.2) is 52.3 Å². The Bertz CT molecular complexity index is 567. The largest absolute Gasteiger partial charge is 0.192 e. The molecule has 0 fully saturated rings. The molecule has 3 rings (SSSR count). The minimum atomic E-state index is -0.782. The Labute approximate surface area is 98.6 Å². The van der Waals surface area contributed by atoms with Crippen LogP contribution in [0.3, 0.4) is 0 Å². The molecule has 0 N–H and O–H groups in total. The summed E-state index contributed by atoms with van der Waals surface area (Å²) in [7, 11) is -0.782. The van der Waals surface area contributed by atoms with Crippen molar-refractivity contribution in [2.75, 3.05) is 12.5 Å². The number of hydrogen-bond donors (Lipinski definition) is 0. The number of aryl methyl sites for hydroxylation is 1. The molecule has 0 bridgehead atoms. The molecular formula is C15H16S. The Morgan fingerprint density at radius 1 is 0.812 bits per heavy atom. The molecule has 0 unspecified atom stereocenters. The molecular weight excluding hydrogens is 212 g/mol. The molecule has 1 heterocycles. The van der Waals surface area contributed by atoms with Crippen LogP contribution >= 0.6 is 10.0 Å². The molecule has 0 aliphatic carbocycles. The molecule has 0 amide bonds. The second-order valence-electron chi connectivity index (χ2n) is 4.82. The summed E-state index contributed by atoms with van der Waals surface area (Å²) in [5, 5.41) is 0. The van der Waals surface area contributed by atoms with Crippen LogP contribution in [-0.4, -0.2) is 12.5 Å². The third kappa shape index (κ3) is 1.18. The molecule has 0 spiro atoms. The summed E-state index contributed by atoms with van der Waals surface area (Å²) in [5.74, 6) is 0. The van der Waals surface area contributed by atoms with Gasteiger partial charge in [0.25, 0.3) is 0 Å². The van der Waals surface area contributed by atoms with Gasteiger partial charge in [0, 0.05) is 9.79 Å². The minimum absolute atomic E-state index is 0.782. The molecule has 2 aromatic carbocycles. The first-order chi connectivity index (χ1) is 7.60. The molecule has 1 heteroatoms. The molecule has 0 nitrogen and oxygen atoms in total. The molecule has 2 aromatic rings. The van der Waals surface area contributed by atoms with Gasteiger partial charge in [-0.05, 0) is 42.7 Å². The molecule has 0 saturated carbocycles. The highest BCUT2D eigenvalue weighted by Gasteiger charge is 2.30.